The smallest absolute Gasteiger partial charge is 0.341 e. The molecule has 1 aliphatic heterocycles. The molecule has 8 heteroatoms. The molecule has 1 aromatic heterocycles. The van der Waals surface area contributed by atoms with Crippen LogP contribution in [0.3, 0.4) is 0 Å². The standard InChI is InChI=1S/C26H24N2O5S/c1-3-33-26(32)22-21(17-10-5-4-6-11-17)16(2)34-23(22)27-20(29)14-9-15-28-24(30)18-12-7-8-13-19(18)25(28)31/h4-8,10-13H,3,9,14-15H2,1-2H3,(H,27,29). The molecule has 4 rings (SSSR count). The number of ether oxygens (including phenoxy) is 1. The predicted molar refractivity (Wildman–Crippen MR) is 130 cm³/mol. The van der Waals surface area contributed by atoms with Gasteiger partial charge in [0.15, 0.2) is 0 Å². The van der Waals surface area contributed by atoms with Crippen molar-refractivity contribution in [3.63, 3.8) is 0 Å². The van der Waals surface area contributed by atoms with Gasteiger partial charge in [-0.1, -0.05) is 42.5 Å². The topological polar surface area (TPSA) is 92.8 Å². The molecule has 0 aliphatic carbocycles. The average molecular weight is 477 g/mol. The predicted octanol–water partition coefficient (Wildman–Crippen LogP) is 4.92. The molecule has 2 aromatic carbocycles. The number of anilines is 1. The molecule has 0 bridgehead atoms. The number of hydrogen-bond donors (Lipinski definition) is 1. The summed E-state index contributed by atoms with van der Waals surface area (Å²) in [5.41, 5.74) is 2.72. The van der Waals surface area contributed by atoms with Crippen LogP contribution < -0.4 is 5.32 Å². The van der Waals surface area contributed by atoms with Gasteiger partial charge in [-0.2, -0.15) is 0 Å². The van der Waals surface area contributed by atoms with Gasteiger partial charge in [-0.15, -0.1) is 11.3 Å². The van der Waals surface area contributed by atoms with Gasteiger partial charge in [-0.05, 0) is 38.0 Å². The molecule has 3 amide bonds. The maximum Gasteiger partial charge on any atom is 0.341 e. The van der Waals surface area contributed by atoms with Crippen molar-refractivity contribution in [3.05, 3.63) is 76.2 Å². The lowest BCUT2D eigenvalue weighted by molar-refractivity contribution is -0.116. The third kappa shape index (κ3) is 4.49. The zero-order chi connectivity index (χ0) is 24.2. The van der Waals surface area contributed by atoms with Crippen molar-refractivity contribution < 1.29 is 23.9 Å². The first kappa shape index (κ1) is 23.4. The Kier molecular flexibility index (Phi) is 6.88. The van der Waals surface area contributed by atoms with Crippen molar-refractivity contribution in [3.8, 4) is 11.1 Å². The number of fused-ring (bicyclic) bond motifs is 1. The van der Waals surface area contributed by atoms with Gasteiger partial charge in [0.1, 0.15) is 10.6 Å². The van der Waals surface area contributed by atoms with Crippen LogP contribution in [-0.4, -0.2) is 41.7 Å². The molecule has 34 heavy (non-hydrogen) atoms. The van der Waals surface area contributed by atoms with Crippen molar-refractivity contribution in [2.24, 2.45) is 0 Å². The number of nitrogens with one attached hydrogen (secondary N) is 1. The maximum atomic E-state index is 12.8. The molecule has 1 N–H and O–H groups in total. The second kappa shape index (κ2) is 10.0. The molecule has 7 nitrogen and oxygen atoms in total. The summed E-state index contributed by atoms with van der Waals surface area (Å²) in [4.78, 5) is 52.5. The van der Waals surface area contributed by atoms with Crippen LogP contribution in [0.1, 0.15) is 55.7 Å². The van der Waals surface area contributed by atoms with Crippen molar-refractivity contribution in [1.82, 2.24) is 4.90 Å². The van der Waals surface area contributed by atoms with Crippen LogP contribution in [0.2, 0.25) is 0 Å². The number of rotatable bonds is 8. The normalized spacial score (nSPS) is 12.6. The lowest BCUT2D eigenvalue weighted by Gasteiger charge is -2.13. The number of imide groups is 1. The monoisotopic (exact) mass is 476 g/mol. The number of benzene rings is 2. The minimum absolute atomic E-state index is 0.0906. The summed E-state index contributed by atoms with van der Waals surface area (Å²) in [6, 6.07) is 16.2. The van der Waals surface area contributed by atoms with E-state index in [1.54, 1.807) is 31.2 Å². The first-order chi connectivity index (χ1) is 16.4. The van der Waals surface area contributed by atoms with Gasteiger partial charge in [-0.25, -0.2) is 4.79 Å². The van der Waals surface area contributed by atoms with E-state index in [9.17, 15) is 19.2 Å². The summed E-state index contributed by atoms with van der Waals surface area (Å²) in [6.07, 6.45) is 0.398. The van der Waals surface area contributed by atoms with Gasteiger partial charge in [0.2, 0.25) is 5.91 Å². The van der Waals surface area contributed by atoms with E-state index >= 15 is 0 Å². The van der Waals surface area contributed by atoms with Crippen molar-refractivity contribution in [2.75, 3.05) is 18.5 Å². The van der Waals surface area contributed by atoms with Gasteiger partial charge in [0.25, 0.3) is 11.8 Å². The number of nitrogens with zero attached hydrogens (tertiary/aromatic N) is 1. The van der Waals surface area contributed by atoms with Crippen LogP contribution in [0.5, 0.6) is 0 Å². The molecule has 0 spiro atoms. The van der Waals surface area contributed by atoms with E-state index < -0.39 is 5.97 Å². The van der Waals surface area contributed by atoms with E-state index in [0.717, 1.165) is 16.0 Å². The number of hydrogen-bond acceptors (Lipinski definition) is 6. The van der Waals surface area contributed by atoms with E-state index in [0.29, 0.717) is 28.1 Å². The SMILES string of the molecule is CCOC(=O)c1c(NC(=O)CCCN2C(=O)c3ccccc3C2=O)sc(C)c1-c1ccccc1. The molecule has 0 radical (unpaired) electrons. The fourth-order valence-electron chi connectivity index (χ4n) is 4.01. The second-order valence-electron chi connectivity index (χ2n) is 7.78. The largest absolute Gasteiger partial charge is 0.462 e. The zero-order valence-electron chi connectivity index (χ0n) is 18.9. The fraction of sp³-hybridized carbons (Fsp3) is 0.231. The first-order valence-corrected chi connectivity index (χ1v) is 11.8. The van der Waals surface area contributed by atoms with Gasteiger partial charge >= 0.3 is 5.97 Å². The Balaban J connectivity index is 1.46. The summed E-state index contributed by atoms with van der Waals surface area (Å²) < 4.78 is 5.26. The van der Waals surface area contributed by atoms with Crippen LogP contribution in [-0.2, 0) is 9.53 Å². The zero-order valence-corrected chi connectivity index (χ0v) is 19.7. The van der Waals surface area contributed by atoms with E-state index in [-0.39, 0.29) is 37.3 Å². The first-order valence-electron chi connectivity index (χ1n) is 11.0. The maximum absolute atomic E-state index is 12.8. The van der Waals surface area contributed by atoms with Crippen LogP contribution >= 0.6 is 11.3 Å². The van der Waals surface area contributed by atoms with Crippen LogP contribution in [0.4, 0.5) is 5.00 Å². The van der Waals surface area contributed by atoms with Crippen molar-refractivity contribution in [2.45, 2.75) is 26.7 Å². The third-order valence-electron chi connectivity index (χ3n) is 5.54. The van der Waals surface area contributed by atoms with E-state index in [4.69, 9.17) is 4.74 Å². The summed E-state index contributed by atoms with van der Waals surface area (Å²) in [5.74, 6) is -1.48. The number of thiophene rings is 1. The Bertz CT molecular complexity index is 1230. The number of amides is 3. The molecule has 0 saturated carbocycles. The highest BCUT2D eigenvalue weighted by atomic mass is 32.1. The van der Waals surface area contributed by atoms with Gasteiger partial charge in [-0.3, -0.25) is 19.3 Å². The van der Waals surface area contributed by atoms with Crippen LogP contribution in [0.25, 0.3) is 11.1 Å². The molecule has 0 fully saturated rings. The van der Waals surface area contributed by atoms with Crippen LogP contribution in [0.15, 0.2) is 54.6 Å². The Morgan fingerprint density at radius 3 is 2.21 bits per heavy atom. The summed E-state index contributed by atoms with van der Waals surface area (Å²) >= 11 is 1.32. The van der Waals surface area contributed by atoms with Crippen molar-refractivity contribution in [1.29, 1.82) is 0 Å². The molecular weight excluding hydrogens is 452 g/mol. The summed E-state index contributed by atoms with van der Waals surface area (Å²) in [5, 5.41) is 3.27. The Labute approximate surface area is 201 Å². The highest BCUT2D eigenvalue weighted by Crippen LogP contribution is 2.40. The van der Waals surface area contributed by atoms with Crippen LogP contribution in [0, 0.1) is 6.92 Å². The quantitative estimate of drug-likeness (QED) is 0.368. The van der Waals surface area contributed by atoms with Crippen molar-refractivity contribution >= 4 is 40.0 Å². The van der Waals surface area contributed by atoms with Gasteiger partial charge < -0.3 is 10.1 Å². The van der Waals surface area contributed by atoms with E-state index in [1.165, 1.54) is 16.2 Å². The summed E-state index contributed by atoms with van der Waals surface area (Å²) in [6.45, 7) is 3.99. The van der Waals surface area contributed by atoms with E-state index in [2.05, 4.69) is 5.32 Å². The lowest BCUT2D eigenvalue weighted by atomic mass is 10.0. The van der Waals surface area contributed by atoms with Gasteiger partial charge in [0.05, 0.1) is 17.7 Å². The average Bonchev–Trinajstić information content (AvgIpc) is 3.28. The van der Waals surface area contributed by atoms with E-state index in [1.807, 2.05) is 37.3 Å². The highest BCUT2D eigenvalue weighted by molar-refractivity contribution is 7.17. The fourth-order valence-corrected chi connectivity index (χ4v) is 5.09. The Morgan fingerprint density at radius 2 is 1.59 bits per heavy atom. The molecule has 0 saturated heterocycles. The second-order valence-corrected chi connectivity index (χ2v) is 9.01. The lowest BCUT2D eigenvalue weighted by Crippen LogP contribution is -2.31. The molecule has 0 atom stereocenters. The molecule has 174 valence electrons. The Hall–Kier alpha value is -3.78. The van der Waals surface area contributed by atoms with Gasteiger partial charge in [0, 0.05) is 23.4 Å². The molecule has 1 aliphatic rings. The number of carbonyl (C=O) groups excluding carboxylic acids is 4. The minimum Gasteiger partial charge on any atom is -0.462 e. The number of esters is 1. The molecule has 3 aromatic rings. The Morgan fingerprint density at radius 1 is 0.971 bits per heavy atom. The minimum atomic E-state index is -0.493. The molecular formula is C26H24N2O5S. The number of aryl methyl sites for hydroxylation is 1. The molecule has 2 heterocycles. The third-order valence-corrected chi connectivity index (χ3v) is 6.56. The summed E-state index contributed by atoms with van der Waals surface area (Å²) in [7, 11) is 0. The number of carbonyl (C=O) groups is 4. The highest BCUT2D eigenvalue weighted by Gasteiger charge is 2.34. The molecule has 0 unspecified atom stereocenters.